The van der Waals surface area contributed by atoms with Crippen LogP contribution in [0.3, 0.4) is 0 Å². The van der Waals surface area contributed by atoms with Gasteiger partial charge in [0.25, 0.3) is 0 Å². The van der Waals surface area contributed by atoms with Gasteiger partial charge in [-0.25, -0.2) is 9.59 Å². The molecule has 3 fully saturated rings. The van der Waals surface area contributed by atoms with E-state index in [4.69, 9.17) is 42.6 Å². The summed E-state index contributed by atoms with van der Waals surface area (Å²) in [5, 5.41) is 13.6. The number of aliphatic hydroxyl groups is 1. The highest BCUT2D eigenvalue weighted by atomic mass is 16.7. The van der Waals surface area contributed by atoms with Crippen LogP contribution in [0.5, 0.6) is 0 Å². The van der Waals surface area contributed by atoms with E-state index in [9.17, 15) is 43.5 Å². The molecule has 62 heavy (non-hydrogen) atoms. The molecule has 13 atom stereocenters. The molecule has 2 aromatic heterocycles. The number of aromatic nitrogens is 2. The van der Waals surface area contributed by atoms with Crippen LogP contribution in [0.15, 0.2) is 42.9 Å². The molecule has 334 valence electrons. The van der Waals surface area contributed by atoms with Crippen molar-refractivity contribution in [2.24, 2.45) is 17.3 Å². The Morgan fingerprint density at radius 1 is 0.774 bits per heavy atom. The van der Waals surface area contributed by atoms with E-state index in [-0.39, 0.29) is 16.8 Å². The van der Waals surface area contributed by atoms with Gasteiger partial charge in [-0.1, -0.05) is 13.8 Å². The second kappa shape index (κ2) is 16.7. The molecule has 1 saturated heterocycles. The Balaban J connectivity index is 1.80. The van der Waals surface area contributed by atoms with Crippen molar-refractivity contribution >= 4 is 47.8 Å². The Hall–Kier alpha value is -6.02. The first kappa shape index (κ1) is 45.5. The minimum Gasteiger partial charge on any atom is -0.465 e. The quantitative estimate of drug-likeness (QED) is 0.292. The topological polar surface area (TPSA) is 266 Å². The summed E-state index contributed by atoms with van der Waals surface area (Å²) in [6.45, 7) is 8.55. The van der Waals surface area contributed by atoms with Gasteiger partial charge in [0.1, 0.15) is 42.0 Å². The Morgan fingerprint density at radius 3 is 1.95 bits per heavy atom. The van der Waals surface area contributed by atoms with Crippen molar-refractivity contribution in [1.82, 2.24) is 9.97 Å². The summed E-state index contributed by atoms with van der Waals surface area (Å²) in [6, 6.07) is 5.67. The predicted octanol–water partition coefficient (Wildman–Crippen LogP) is 1.72. The van der Waals surface area contributed by atoms with Crippen molar-refractivity contribution in [3.8, 4) is 0 Å². The maximum atomic E-state index is 14.5. The zero-order valence-electron chi connectivity index (χ0n) is 35.4. The summed E-state index contributed by atoms with van der Waals surface area (Å²) < 4.78 is 55.3. The standard InChI is InChI=1S/C42H48N2O18/c1-19-20(2)36(50)61-33-31(56-22(4)46)35(59-25(7)49)41(18-54-21(3)45)34(58-24(6)48)30(60-37(51)26-12-10-14-43-16-26)28-32(57-23(5)47)42(41,40(33,9)53)62-39(28,8)17-55-38(52)27-13-11-15-44-29(19)27/h10-16,19-20,28,30-35,53H,17-18H2,1-9H3/t19-,20+,28-,30-,31+,32-,33-,34-,35+,39-,40+,41-,42+/m1/s1. The molecule has 4 bridgehead atoms. The second-order valence-corrected chi connectivity index (χ2v) is 16.4. The fourth-order valence-corrected chi connectivity index (χ4v) is 9.73. The molecule has 2 aromatic rings. The van der Waals surface area contributed by atoms with E-state index in [0.717, 1.165) is 47.7 Å². The average Bonchev–Trinajstić information content (AvgIpc) is 3.42. The predicted molar refractivity (Wildman–Crippen MR) is 203 cm³/mol. The van der Waals surface area contributed by atoms with Crippen molar-refractivity contribution in [3.63, 3.8) is 0 Å². The number of hydrogen-bond acceptors (Lipinski definition) is 20. The molecule has 4 heterocycles. The maximum absolute atomic E-state index is 14.5. The van der Waals surface area contributed by atoms with E-state index < -0.39 is 138 Å². The molecule has 4 aliphatic rings. The number of fused-ring (bicyclic) bond motifs is 5. The normalized spacial score (nSPS) is 36.0. The summed E-state index contributed by atoms with van der Waals surface area (Å²) in [4.78, 5) is 118. The summed E-state index contributed by atoms with van der Waals surface area (Å²) >= 11 is 0. The van der Waals surface area contributed by atoms with Gasteiger partial charge in [0.05, 0.1) is 28.7 Å². The van der Waals surface area contributed by atoms with Gasteiger partial charge in [0, 0.05) is 59.1 Å². The minimum absolute atomic E-state index is 0.0579. The molecular formula is C42H48N2O18. The SMILES string of the molecule is CC(=O)OC[C@]12[C@H](OC(C)=O)[C@H](OC(=O)c3cccnc3)[C@@H]3[C@@H](OC(C)=O)[C@@]14O[C@]3(C)COC(=O)c1cccnc1[C@H](C)[C@H](C)C(=O)O[C@H]([C@H](OC(C)=O)[C@@H]2OC(C)=O)[C@]4(C)O. The maximum Gasteiger partial charge on any atom is 0.340 e. The number of ether oxygens (including phenoxy) is 9. The molecule has 0 unspecified atom stereocenters. The van der Waals surface area contributed by atoms with Crippen LogP contribution in [-0.4, -0.2) is 129 Å². The number of carbonyl (C=O) groups is 8. The second-order valence-electron chi connectivity index (χ2n) is 16.4. The molecule has 0 amide bonds. The first-order valence-corrected chi connectivity index (χ1v) is 19.7. The molecule has 20 heteroatoms. The highest BCUT2D eigenvalue weighted by Crippen LogP contribution is 2.70. The first-order chi connectivity index (χ1) is 29.0. The number of esters is 8. The van der Waals surface area contributed by atoms with Crippen molar-refractivity contribution in [2.75, 3.05) is 13.2 Å². The van der Waals surface area contributed by atoms with Crippen LogP contribution < -0.4 is 0 Å². The van der Waals surface area contributed by atoms with Gasteiger partial charge >= 0.3 is 47.8 Å². The Labute approximate surface area is 355 Å². The lowest BCUT2D eigenvalue weighted by Gasteiger charge is -2.67. The van der Waals surface area contributed by atoms with Gasteiger partial charge < -0.3 is 47.7 Å². The summed E-state index contributed by atoms with van der Waals surface area (Å²) in [5.74, 6) is -12.0. The molecule has 2 aliphatic heterocycles. The van der Waals surface area contributed by atoms with Crippen molar-refractivity contribution < 1.29 is 86.1 Å². The fraction of sp³-hybridized carbons (Fsp3) is 0.571. The molecule has 20 nitrogen and oxygen atoms in total. The third kappa shape index (κ3) is 7.41. The van der Waals surface area contributed by atoms with Gasteiger partial charge in [-0.15, -0.1) is 0 Å². The summed E-state index contributed by atoms with van der Waals surface area (Å²) in [7, 11) is 0. The van der Waals surface area contributed by atoms with Gasteiger partial charge in [-0.2, -0.15) is 0 Å². The van der Waals surface area contributed by atoms with Crippen LogP contribution >= 0.6 is 0 Å². The summed E-state index contributed by atoms with van der Waals surface area (Å²) in [6.07, 6.45) is -8.37. The van der Waals surface area contributed by atoms with E-state index in [0.29, 0.717) is 0 Å². The number of carbonyl (C=O) groups excluding carboxylic acids is 8. The molecular weight excluding hydrogens is 820 g/mol. The first-order valence-electron chi connectivity index (χ1n) is 19.7. The van der Waals surface area contributed by atoms with Gasteiger partial charge in [0.2, 0.25) is 0 Å². The number of nitrogens with zero attached hydrogens (tertiary/aromatic N) is 2. The molecule has 0 aromatic carbocycles. The zero-order chi connectivity index (χ0) is 45.7. The average molecular weight is 869 g/mol. The van der Waals surface area contributed by atoms with Crippen molar-refractivity contribution in [1.29, 1.82) is 0 Å². The molecule has 1 N–H and O–H groups in total. The van der Waals surface area contributed by atoms with Gasteiger partial charge in [-0.05, 0) is 38.1 Å². The van der Waals surface area contributed by atoms with Crippen LogP contribution in [0, 0.1) is 17.3 Å². The lowest BCUT2D eigenvalue weighted by atomic mass is 9.45. The van der Waals surface area contributed by atoms with Crippen LogP contribution in [0.4, 0.5) is 0 Å². The molecule has 0 radical (unpaired) electrons. The number of pyridine rings is 2. The number of cyclic esters (lactones) is 1. The number of rotatable bonds is 8. The molecule has 1 spiro atoms. The third-order valence-electron chi connectivity index (χ3n) is 12.3. The van der Waals surface area contributed by atoms with E-state index in [2.05, 4.69) is 9.97 Å². The monoisotopic (exact) mass is 868 g/mol. The Kier molecular flexibility index (Phi) is 12.2. The van der Waals surface area contributed by atoms with Gasteiger partial charge in [-0.3, -0.25) is 38.7 Å². The highest BCUT2D eigenvalue weighted by molar-refractivity contribution is 5.91. The Morgan fingerprint density at radius 2 is 1.37 bits per heavy atom. The smallest absolute Gasteiger partial charge is 0.340 e. The largest absolute Gasteiger partial charge is 0.465 e. The van der Waals surface area contributed by atoms with Gasteiger partial charge in [0.15, 0.2) is 30.0 Å². The van der Waals surface area contributed by atoms with Crippen LogP contribution in [0.1, 0.15) is 94.6 Å². The van der Waals surface area contributed by atoms with Crippen molar-refractivity contribution in [3.05, 3.63) is 59.7 Å². The molecule has 2 aliphatic carbocycles. The molecule has 6 rings (SSSR count). The zero-order valence-corrected chi connectivity index (χ0v) is 35.4. The van der Waals surface area contributed by atoms with E-state index in [1.807, 2.05) is 0 Å². The van der Waals surface area contributed by atoms with Crippen LogP contribution in [-0.2, 0) is 71.4 Å². The van der Waals surface area contributed by atoms with Crippen LogP contribution in [0.25, 0.3) is 0 Å². The number of hydrogen-bond donors (Lipinski definition) is 1. The van der Waals surface area contributed by atoms with Crippen LogP contribution in [0.2, 0.25) is 0 Å². The lowest BCUT2D eigenvalue weighted by molar-refractivity contribution is -0.386. The van der Waals surface area contributed by atoms with E-state index >= 15 is 0 Å². The minimum atomic E-state index is -2.86. The fourth-order valence-electron chi connectivity index (χ4n) is 9.73. The molecule has 2 saturated carbocycles. The highest BCUT2D eigenvalue weighted by Gasteiger charge is 2.92. The van der Waals surface area contributed by atoms with E-state index in [1.54, 1.807) is 6.92 Å². The summed E-state index contributed by atoms with van der Waals surface area (Å²) in [5.41, 5.74) is -10.5. The van der Waals surface area contributed by atoms with E-state index in [1.165, 1.54) is 50.5 Å². The van der Waals surface area contributed by atoms with Crippen molar-refractivity contribution in [2.45, 2.75) is 122 Å². The Bertz CT molecular complexity index is 2160. The lowest BCUT2D eigenvalue weighted by Crippen LogP contribution is -2.89. The third-order valence-corrected chi connectivity index (χ3v) is 12.3.